The van der Waals surface area contributed by atoms with Crippen molar-refractivity contribution in [3.05, 3.63) is 83.6 Å². The van der Waals surface area contributed by atoms with Crippen LogP contribution in [0.3, 0.4) is 0 Å². The van der Waals surface area contributed by atoms with Crippen LogP contribution in [0.15, 0.2) is 66.9 Å². The maximum Gasteiger partial charge on any atom is 0.183 e. The molecule has 118 valence electrons. The normalized spacial score (nSPS) is 33.2. The molecule has 2 aromatic rings. The molecule has 0 amide bonds. The average Bonchev–Trinajstić information content (AvgIpc) is 3.22. The monoisotopic (exact) mass is 316 g/mol. The van der Waals surface area contributed by atoms with E-state index < -0.39 is 0 Å². The summed E-state index contributed by atoms with van der Waals surface area (Å²) in [5, 5.41) is 11.1. The first-order valence-corrected chi connectivity index (χ1v) is 8.17. The lowest BCUT2D eigenvalue weighted by Crippen LogP contribution is -2.65. The van der Waals surface area contributed by atoms with Gasteiger partial charge in [0.25, 0.3) is 0 Å². The zero-order valence-electron chi connectivity index (χ0n) is 13.0. The molecule has 3 aliphatic rings. The van der Waals surface area contributed by atoms with E-state index in [9.17, 15) is 0 Å². The van der Waals surface area contributed by atoms with Crippen LogP contribution >= 0.6 is 0 Å². The minimum Gasteiger partial charge on any atom is -0.480 e. The van der Waals surface area contributed by atoms with Crippen molar-refractivity contribution in [1.82, 2.24) is 5.06 Å². The summed E-state index contributed by atoms with van der Waals surface area (Å²) < 4.78 is 5.71. The van der Waals surface area contributed by atoms with Crippen LogP contribution in [0.5, 0.6) is 0 Å². The molecule has 0 aromatic heterocycles. The van der Waals surface area contributed by atoms with Gasteiger partial charge in [-0.25, -0.2) is 0 Å². The van der Waals surface area contributed by atoms with Crippen LogP contribution in [-0.4, -0.2) is 11.3 Å². The molecule has 0 radical (unpaired) electrons. The van der Waals surface area contributed by atoms with E-state index in [1.807, 2.05) is 47.5 Å². The molecule has 0 bridgehead atoms. The molecule has 2 aromatic carbocycles. The molecule has 2 fully saturated rings. The Labute approximate surface area is 140 Å². The molecule has 5 rings (SSSR count). The zero-order valence-corrected chi connectivity index (χ0v) is 13.0. The van der Waals surface area contributed by atoms with Crippen LogP contribution in [0.1, 0.15) is 29.2 Å². The molecule has 4 nitrogen and oxygen atoms in total. The topological polar surface area (TPSA) is 45.5 Å². The van der Waals surface area contributed by atoms with E-state index in [1.54, 1.807) is 6.26 Å². The van der Waals surface area contributed by atoms with Crippen molar-refractivity contribution in [3.8, 4) is 6.07 Å². The number of benzene rings is 2. The van der Waals surface area contributed by atoms with Crippen molar-refractivity contribution >= 4 is 0 Å². The van der Waals surface area contributed by atoms with Gasteiger partial charge >= 0.3 is 0 Å². The SMILES string of the molecule is N#Cc1ccc([C@@]23C[C@@H](c4ccccc4)ON2[C@H]2OC=C[C@H]23)cc1. The summed E-state index contributed by atoms with van der Waals surface area (Å²) in [6.07, 6.45) is 4.76. The molecular weight excluding hydrogens is 300 g/mol. The van der Waals surface area contributed by atoms with Crippen LogP contribution in [0, 0.1) is 17.2 Å². The Morgan fingerprint density at radius 2 is 1.88 bits per heavy atom. The highest BCUT2D eigenvalue weighted by Gasteiger charge is 2.68. The lowest BCUT2D eigenvalue weighted by molar-refractivity contribution is -0.345. The Kier molecular flexibility index (Phi) is 2.84. The van der Waals surface area contributed by atoms with E-state index in [0.29, 0.717) is 5.56 Å². The number of hydroxylamine groups is 2. The third-order valence-corrected chi connectivity index (χ3v) is 5.41. The standard InChI is InChI=1S/C20H16N2O2/c21-13-14-6-8-16(9-7-14)20-12-18(15-4-2-1-3-5-15)24-22(20)19-17(20)10-11-23-19/h1-11,17-19H,12H2/t17-,18+,19+,20-/m1/s1. The number of fused-ring (bicyclic) bond motifs is 4. The highest BCUT2D eigenvalue weighted by molar-refractivity contribution is 5.40. The van der Waals surface area contributed by atoms with Gasteiger partial charge in [0, 0.05) is 6.42 Å². The molecule has 0 spiro atoms. The lowest BCUT2D eigenvalue weighted by atomic mass is 9.67. The minimum atomic E-state index is -0.216. The Bertz CT molecular complexity index is 840. The van der Waals surface area contributed by atoms with Crippen LogP contribution < -0.4 is 0 Å². The molecule has 0 unspecified atom stereocenters. The largest absolute Gasteiger partial charge is 0.480 e. The number of hydrogen-bond donors (Lipinski definition) is 0. The van der Waals surface area contributed by atoms with E-state index in [1.165, 1.54) is 11.1 Å². The Morgan fingerprint density at radius 3 is 2.62 bits per heavy atom. The Hall–Kier alpha value is -2.61. The summed E-state index contributed by atoms with van der Waals surface area (Å²) in [7, 11) is 0. The smallest absolute Gasteiger partial charge is 0.183 e. The van der Waals surface area contributed by atoms with Crippen molar-refractivity contribution in [2.24, 2.45) is 5.92 Å². The van der Waals surface area contributed by atoms with Crippen molar-refractivity contribution < 1.29 is 9.57 Å². The molecule has 0 N–H and O–H groups in total. The van der Waals surface area contributed by atoms with E-state index in [-0.39, 0.29) is 23.8 Å². The fourth-order valence-corrected chi connectivity index (χ4v) is 4.23. The van der Waals surface area contributed by atoms with Gasteiger partial charge < -0.3 is 4.74 Å². The summed E-state index contributed by atoms with van der Waals surface area (Å²) in [5.41, 5.74) is 2.82. The van der Waals surface area contributed by atoms with E-state index in [4.69, 9.17) is 14.8 Å². The Morgan fingerprint density at radius 1 is 1.08 bits per heavy atom. The summed E-state index contributed by atoms with van der Waals surface area (Å²) in [6, 6.07) is 20.4. The van der Waals surface area contributed by atoms with Crippen LogP contribution in [0.25, 0.3) is 0 Å². The van der Waals surface area contributed by atoms with Crippen LogP contribution in [0.4, 0.5) is 0 Å². The van der Waals surface area contributed by atoms with Crippen molar-refractivity contribution in [3.63, 3.8) is 0 Å². The fraction of sp³-hybridized carbons (Fsp3) is 0.250. The number of nitrogens with zero attached hydrogens (tertiary/aromatic N) is 2. The molecule has 3 aliphatic heterocycles. The number of nitriles is 1. The molecule has 4 heteroatoms. The zero-order chi connectivity index (χ0) is 16.1. The number of rotatable bonds is 2. The van der Waals surface area contributed by atoms with Crippen LogP contribution in [0.2, 0.25) is 0 Å². The quantitative estimate of drug-likeness (QED) is 0.849. The molecule has 3 heterocycles. The predicted molar refractivity (Wildman–Crippen MR) is 87.1 cm³/mol. The fourth-order valence-electron chi connectivity index (χ4n) is 4.23. The molecule has 24 heavy (non-hydrogen) atoms. The average molecular weight is 316 g/mol. The van der Waals surface area contributed by atoms with E-state index >= 15 is 0 Å². The van der Waals surface area contributed by atoms with Gasteiger partial charge in [0.1, 0.15) is 6.10 Å². The van der Waals surface area contributed by atoms with Gasteiger partial charge in [-0.15, -0.1) is 5.06 Å². The highest BCUT2D eigenvalue weighted by Crippen LogP contribution is 2.62. The van der Waals surface area contributed by atoms with Gasteiger partial charge in [-0.05, 0) is 29.3 Å². The van der Waals surface area contributed by atoms with Crippen molar-refractivity contribution in [1.29, 1.82) is 5.26 Å². The molecule has 4 atom stereocenters. The van der Waals surface area contributed by atoms with Gasteiger partial charge in [0.15, 0.2) is 6.23 Å². The number of ether oxygens (including phenoxy) is 1. The predicted octanol–water partition coefficient (Wildman–Crippen LogP) is 3.63. The first kappa shape index (κ1) is 13.8. The second-order valence-electron chi connectivity index (χ2n) is 6.53. The maximum atomic E-state index is 9.05. The highest BCUT2D eigenvalue weighted by atomic mass is 16.7. The lowest BCUT2D eigenvalue weighted by Gasteiger charge is -2.54. The third kappa shape index (κ3) is 1.68. The van der Waals surface area contributed by atoms with Gasteiger partial charge in [0.05, 0.1) is 29.4 Å². The van der Waals surface area contributed by atoms with Gasteiger partial charge in [-0.1, -0.05) is 42.5 Å². The number of hydrogen-bond acceptors (Lipinski definition) is 4. The van der Waals surface area contributed by atoms with Gasteiger partial charge in [-0.2, -0.15) is 5.26 Å². The van der Waals surface area contributed by atoms with E-state index in [2.05, 4.69) is 24.3 Å². The molecule has 0 saturated carbocycles. The first-order valence-electron chi connectivity index (χ1n) is 8.17. The van der Waals surface area contributed by atoms with E-state index in [0.717, 1.165) is 6.42 Å². The molecular formula is C20H16N2O2. The summed E-state index contributed by atoms with van der Waals surface area (Å²) in [4.78, 5) is 6.28. The van der Waals surface area contributed by atoms with Gasteiger partial charge in [-0.3, -0.25) is 4.84 Å². The summed E-state index contributed by atoms with van der Waals surface area (Å²) >= 11 is 0. The summed E-state index contributed by atoms with van der Waals surface area (Å²) in [6.45, 7) is 0. The first-order chi connectivity index (χ1) is 11.8. The van der Waals surface area contributed by atoms with Crippen LogP contribution in [-0.2, 0) is 15.1 Å². The minimum absolute atomic E-state index is 0.0180. The van der Waals surface area contributed by atoms with Crippen molar-refractivity contribution in [2.45, 2.75) is 24.3 Å². The Balaban J connectivity index is 1.56. The maximum absolute atomic E-state index is 9.05. The molecule has 0 aliphatic carbocycles. The second-order valence-corrected chi connectivity index (χ2v) is 6.53. The molecule has 2 saturated heterocycles. The van der Waals surface area contributed by atoms with Gasteiger partial charge in [0.2, 0.25) is 0 Å². The summed E-state index contributed by atoms with van der Waals surface area (Å²) in [5.74, 6) is 0.277. The second kappa shape index (κ2) is 4.94. The third-order valence-electron chi connectivity index (χ3n) is 5.41. The van der Waals surface area contributed by atoms with Crippen molar-refractivity contribution in [2.75, 3.05) is 0 Å².